The maximum Gasteiger partial charge on any atom is 0.160 e. The molecule has 6 heteroatoms. The lowest BCUT2D eigenvalue weighted by atomic mass is 10.0. The molecular formula is C44H28N6. The van der Waals surface area contributed by atoms with Gasteiger partial charge in [0.25, 0.3) is 0 Å². The van der Waals surface area contributed by atoms with Gasteiger partial charge >= 0.3 is 0 Å². The average Bonchev–Trinajstić information content (AvgIpc) is 3.76. The van der Waals surface area contributed by atoms with Gasteiger partial charge in [-0.1, -0.05) is 91.0 Å². The number of rotatable bonds is 5. The zero-order valence-corrected chi connectivity index (χ0v) is 26.8. The molecule has 234 valence electrons. The molecule has 4 aromatic heterocycles. The number of hydrogen-bond donors (Lipinski definition) is 0. The Labute approximate surface area is 287 Å². The maximum atomic E-state index is 5.21. The molecule has 4 heterocycles. The minimum atomic E-state index is 0.680. The zero-order valence-electron chi connectivity index (χ0n) is 26.8. The van der Waals surface area contributed by atoms with Gasteiger partial charge in [0.2, 0.25) is 0 Å². The van der Waals surface area contributed by atoms with Gasteiger partial charge < -0.3 is 9.13 Å². The maximum absolute atomic E-state index is 5.21. The molecule has 0 bridgehead atoms. The Balaban J connectivity index is 1.12. The highest BCUT2D eigenvalue weighted by atomic mass is 15.0. The SMILES string of the molecule is c1ccc(-n2ccc3cc4c(cc32)c2ccccc2n4-c2cccc(-c3nc(-c4ccc(-c5ncccn5)cc4)c4ccccc4n3)c2)cc1. The second kappa shape index (κ2) is 11.4. The third kappa shape index (κ3) is 4.58. The number of nitrogens with zero attached hydrogens (tertiary/aromatic N) is 6. The van der Waals surface area contributed by atoms with E-state index < -0.39 is 0 Å². The monoisotopic (exact) mass is 640 g/mol. The minimum absolute atomic E-state index is 0.680. The van der Waals surface area contributed by atoms with Crippen molar-refractivity contribution in [2.24, 2.45) is 0 Å². The Kier molecular flexibility index (Phi) is 6.39. The number of hydrogen-bond acceptors (Lipinski definition) is 4. The van der Waals surface area contributed by atoms with Crippen molar-refractivity contribution >= 4 is 43.6 Å². The summed E-state index contributed by atoms with van der Waals surface area (Å²) >= 11 is 0. The van der Waals surface area contributed by atoms with Crippen LogP contribution in [0.25, 0.3) is 89.0 Å². The van der Waals surface area contributed by atoms with Gasteiger partial charge in [-0.3, -0.25) is 0 Å². The van der Waals surface area contributed by atoms with Gasteiger partial charge in [-0.15, -0.1) is 0 Å². The second-order valence-corrected chi connectivity index (χ2v) is 12.4. The summed E-state index contributed by atoms with van der Waals surface area (Å²) < 4.78 is 4.62. The van der Waals surface area contributed by atoms with E-state index in [4.69, 9.17) is 9.97 Å². The van der Waals surface area contributed by atoms with Gasteiger partial charge in [-0.05, 0) is 60.7 Å². The van der Waals surface area contributed by atoms with Crippen LogP contribution in [-0.2, 0) is 0 Å². The molecule has 0 saturated heterocycles. The predicted octanol–water partition coefficient (Wildman–Crippen LogP) is 10.5. The van der Waals surface area contributed by atoms with Crippen molar-refractivity contribution in [3.05, 3.63) is 170 Å². The molecule has 0 aliphatic rings. The number of aromatic nitrogens is 6. The van der Waals surface area contributed by atoms with E-state index in [2.05, 4.69) is 159 Å². The van der Waals surface area contributed by atoms with E-state index in [9.17, 15) is 0 Å². The highest BCUT2D eigenvalue weighted by Crippen LogP contribution is 2.37. The third-order valence-electron chi connectivity index (χ3n) is 9.47. The van der Waals surface area contributed by atoms with E-state index in [1.54, 1.807) is 12.4 Å². The van der Waals surface area contributed by atoms with Gasteiger partial charge in [0.15, 0.2) is 11.6 Å². The fraction of sp³-hybridized carbons (Fsp3) is 0. The quantitative estimate of drug-likeness (QED) is 0.188. The minimum Gasteiger partial charge on any atom is -0.317 e. The van der Waals surface area contributed by atoms with Crippen LogP contribution in [0.1, 0.15) is 0 Å². The molecule has 0 saturated carbocycles. The van der Waals surface area contributed by atoms with Crippen LogP contribution in [-0.4, -0.2) is 29.1 Å². The molecule has 6 nitrogen and oxygen atoms in total. The van der Waals surface area contributed by atoms with Crippen molar-refractivity contribution in [3.8, 4) is 45.4 Å². The third-order valence-corrected chi connectivity index (χ3v) is 9.47. The summed E-state index contributed by atoms with van der Waals surface area (Å²) in [6.45, 7) is 0. The zero-order chi connectivity index (χ0) is 33.0. The highest BCUT2D eigenvalue weighted by molar-refractivity contribution is 6.13. The van der Waals surface area contributed by atoms with Crippen molar-refractivity contribution in [1.29, 1.82) is 0 Å². The van der Waals surface area contributed by atoms with E-state index in [0.29, 0.717) is 11.6 Å². The summed E-state index contributed by atoms with van der Waals surface area (Å²) in [7, 11) is 0. The topological polar surface area (TPSA) is 61.4 Å². The van der Waals surface area contributed by atoms with Gasteiger partial charge in [0, 0.05) is 68.2 Å². The molecule has 0 atom stereocenters. The summed E-state index contributed by atoms with van der Waals surface area (Å²) in [4.78, 5) is 19.1. The summed E-state index contributed by atoms with van der Waals surface area (Å²) in [5.41, 5.74) is 10.4. The first-order chi connectivity index (χ1) is 24.8. The van der Waals surface area contributed by atoms with Crippen LogP contribution in [0.2, 0.25) is 0 Å². The van der Waals surface area contributed by atoms with Crippen LogP contribution in [0, 0.1) is 0 Å². The van der Waals surface area contributed by atoms with Crippen LogP contribution >= 0.6 is 0 Å². The average molecular weight is 641 g/mol. The molecule has 10 aromatic rings. The van der Waals surface area contributed by atoms with Gasteiger partial charge in [-0.2, -0.15) is 0 Å². The van der Waals surface area contributed by atoms with Crippen molar-refractivity contribution in [2.75, 3.05) is 0 Å². The fourth-order valence-electron chi connectivity index (χ4n) is 7.12. The van der Waals surface area contributed by atoms with E-state index in [1.807, 2.05) is 18.2 Å². The molecule has 0 radical (unpaired) electrons. The van der Waals surface area contributed by atoms with Gasteiger partial charge in [-0.25, -0.2) is 19.9 Å². The van der Waals surface area contributed by atoms with Crippen LogP contribution in [0.15, 0.2) is 170 Å². The lowest BCUT2D eigenvalue weighted by molar-refractivity contribution is 1.13. The van der Waals surface area contributed by atoms with E-state index >= 15 is 0 Å². The summed E-state index contributed by atoms with van der Waals surface area (Å²) in [6, 6.07) is 52.9. The molecule has 0 fully saturated rings. The van der Waals surface area contributed by atoms with Gasteiger partial charge in [0.1, 0.15) is 0 Å². The summed E-state index contributed by atoms with van der Waals surface area (Å²) in [6.07, 6.45) is 5.68. The first-order valence-corrected chi connectivity index (χ1v) is 16.6. The summed E-state index contributed by atoms with van der Waals surface area (Å²) in [5.74, 6) is 1.38. The Hall–Kier alpha value is -6.92. The number of para-hydroxylation sites is 3. The molecule has 0 aliphatic heterocycles. The fourth-order valence-corrected chi connectivity index (χ4v) is 7.12. The summed E-state index contributed by atoms with van der Waals surface area (Å²) in [5, 5.41) is 4.62. The largest absolute Gasteiger partial charge is 0.317 e. The van der Waals surface area contributed by atoms with Gasteiger partial charge in [0.05, 0.1) is 27.8 Å². The molecular weight excluding hydrogens is 613 g/mol. The van der Waals surface area contributed by atoms with Crippen molar-refractivity contribution < 1.29 is 0 Å². The van der Waals surface area contributed by atoms with Crippen molar-refractivity contribution in [3.63, 3.8) is 0 Å². The molecule has 0 N–H and O–H groups in total. The lowest BCUT2D eigenvalue weighted by Gasteiger charge is -2.12. The number of benzene rings is 6. The Bertz CT molecular complexity index is 2850. The van der Waals surface area contributed by atoms with Crippen LogP contribution in [0.5, 0.6) is 0 Å². The van der Waals surface area contributed by atoms with Crippen LogP contribution in [0.3, 0.4) is 0 Å². The molecule has 6 aromatic carbocycles. The van der Waals surface area contributed by atoms with Crippen LogP contribution < -0.4 is 0 Å². The van der Waals surface area contributed by atoms with Crippen molar-refractivity contribution in [1.82, 2.24) is 29.1 Å². The molecule has 0 amide bonds. The normalized spacial score (nSPS) is 11.6. The Morgan fingerprint density at radius 3 is 2.02 bits per heavy atom. The molecule has 0 aliphatic carbocycles. The molecule has 0 spiro atoms. The Morgan fingerprint density at radius 2 is 1.16 bits per heavy atom. The van der Waals surface area contributed by atoms with Crippen molar-refractivity contribution in [2.45, 2.75) is 0 Å². The van der Waals surface area contributed by atoms with E-state index in [-0.39, 0.29) is 0 Å². The lowest BCUT2D eigenvalue weighted by Crippen LogP contribution is -1.98. The number of fused-ring (bicyclic) bond motifs is 5. The second-order valence-electron chi connectivity index (χ2n) is 12.4. The van der Waals surface area contributed by atoms with E-state index in [0.717, 1.165) is 55.7 Å². The first kappa shape index (κ1) is 28.1. The Morgan fingerprint density at radius 1 is 0.420 bits per heavy atom. The predicted molar refractivity (Wildman–Crippen MR) is 203 cm³/mol. The molecule has 0 unspecified atom stereocenters. The van der Waals surface area contributed by atoms with Crippen LogP contribution in [0.4, 0.5) is 0 Å². The molecule has 10 rings (SSSR count). The first-order valence-electron chi connectivity index (χ1n) is 16.6. The standard InChI is InChI=1S/C44H28N6/c1-2-11-33(12-3-1)49-25-22-31-27-41-37(28-40(31)49)35-14-5-7-17-39(35)50(41)34-13-8-10-32(26-34)44-47-38-16-6-4-15-36(38)42(48-44)29-18-20-30(21-19-29)43-45-23-9-24-46-43/h1-28H. The highest BCUT2D eigenvalue weighted by Gasteiger charge is 2.17. The molecule has 50 heavy (non-hydrogen) atoms. The smallest absolute Gasteiger partial charge is 0.160 e. The van der Waals surface area contributed by atoms with E-state index in [1.165, 1.54) is 21.7 Å².